The first-order chi connectivity index (χ1) is 11.4. The third-order valence-electron chi connectivity index (χ3n) is 3.73. The zero-order valence-corrected chi connectivity index (χ0v) is 13.2. The molecule has 0 spiro atoms. The standard InChI is InChI=1S/C16H20F3N3O2/c1-2-10-24-12-13(23)11-21-6-8-22(9-7-21)15-14(16(17,18)19)4-3-5-20-15/h1,3-5,13,23H,6-12H2. The van der Waals surface area contributed by atoms with E-state index in [-0.39, 0.29) is 19.0 Å². The fourth-order valence-corrected chi connectivity index (χ4v) is 2.62. The third-order valence-corrected chi connectivity index (χ3v) is 3.73. The second kappa shape index (κ2) is 8.33. The first kappa shape index (κ1) is 18.5. The average Bonchev–Trinajstić information content (AvgIpc) is 2.55. The number of anilines is 1. The Morgan fingerprint density at radius 3 is 2.67 bits per heavy atom. The summed E-state index contributed by atoms with van der Waals surface area (Å²) in [5, 5.41) is 9.85. The van der Waals surface area contributed by atoms with Crippen LogP contribution in [0.4, 0.5) is 19.0 Å². The summed E-state index contributed by atoms with van der Waals surface area (Å²) in [6.45, 7) is 2.59. The number of piperazine rings is 1. The highest BCUT2D eigenvalue weighted by Crippen LogP contribution is 2.35. The molecule has 1 fully saturated rings. The van der Waals surface area contributed by atoms with Crippen molar-refractivity contribution < 1.29 is 23.0 Å². The largest absolute Gasteiger partial charge is 0.419 e. The van der Waals surface area contributed by atoms with Gasteiger partial charge in [0.05, 0.1) is 18.3 Å². The van der Waals surface area contributed by atoms with E-state index in [1.165, 1.54) is 12.3 Å². The summed E-state index contributed by atoms with van der Waals surface area (Å²) in [5.74, 6) is 2.28. The molecule has 1 aromatic heterocycles. The van der Waals surface area contributed by atoms with Gasteiger partial charge in [0, 0.05) is 38.9 Å². The summed E-state index contributed by atoms with van der Waals surface area (Å²) in [7, 11) is 0. The number of β-amino-alcohol motifs (C(OH)–C–C–N with tert-alkyl or cyclic N) is 1. The van der Waals surface area contributed by atoms with Gasteiger partial charge in [-0.1, -0.05) is 5.92 Å². The van der Waals surface area contributed by atoms with E-state index < -0.39 is 17.8 Å². The highest BCUT2D eigenvalue weighted by atomic mass is 19.4. The first-order valence-corrected chi connectivity index (χ1v) is 7.60. The minimum Gasteiger partial charge on any atom is -0.389 e. The number of halogens is 3. The first-order valence-electron chi connectivity index (χ1n) is 7.60. The summed E-state index contributed by atoms with van der Waals surface area (Å²) in [6.07, 6.45) is 1.32. The Morgan fingerprint density at radius 2 is 2.04 bits per heavy atom. The molecule has 24 heavy (non-hydrogen) atoms. The topological polar surface area (TPSA) is 48.8 Å². The van der Waals surface area contributed by atoms with Crippen molar-refractivity contribution in [2.45, 2.75) is 12.3 Å². The number of ether oxygens (including phenoxy) is 1. The number of nitrogens with zero attached hydrogens (tertiary/aromatic N) is 3. The molecule has 1 aromatic rings. The van der Waals surface area contributed by atoms with Crippen molar-refractivity contribution in [3.05, 3.63) is 23.9 Å². The third kappa shape index (κ3) is 5.09. The van der Waals surface area contributed by atoms with E-state index in [9.17, 15) is 18.3 Å². The number of aliphatic hydroxyl groups excluding tert-OH is 1. The van der Waals surface area contributed by atoms with Gasteiger partial charge in [0.25, 0.3) is 0 Å². The molecule has 0 radical (unpaired) electrons. The lowest BCUT2D eigenvalue weighted by Gasteiger charge is -2.37. The molecule has 1 aliphatic heterocycles. The van der Waals surface area contributed by atoms with Gasteiger partial charge in [-0.05, 0) is 12.1 Å². The molecule has 0 saturated carbocycles. The van der Waals surface area contributed by atoms with Gasteiger partial charge in [0.15, 0.2) is 0 Å². The highest BCUT2D eigenvalue weighted by Gasteiger charge is 2.36. The van der Waals surface area contributed by atoms with Crippen LogP contribution in [0.2, 0.25) is 0 Å². The number of rotatable bonds is 6. The fraction of sp³-hybridized carbons (Fsp3) is 0.562. The Labute approximate surface area is 139 Å². The lowest BCUT2D eigenvalue weighted by molar-refractivity contribution is -0.137. The molecular formula is C16H20F3N3O2. The molecule has 5 nitrogen and oxygen atoms in total. The molecule has 2 heterocycles. The predicted octanol–water partition coefficient (Wildman–Crippen LogP) is 1.23. The minimum absolute atomic E-state index is 0.0393. The number of aromatic nitrogens is 1. The maximum Gasteiger partial charge on any atom is 0.419 e. The van der Waals surface area contributed by atoms with Crippen molar-refractivity contribution in [1.29, 1.82) is 0 Å². The van der Waals surface area contributed by atoms with Gasteiger partial charge in [-0.25, -0.2) is 4.98 Å². The Morgan fingerprint density at radius 1 is 1.33 bits per heavy atom. The number of terminal acetylenes is 1. The second-order valence-corrected chi connectivity index (χ2v) is 5.53. The van der Waals surface area contributed by atoms with Crippen LogP contribution < -0.4 is 4.90 Å². The summed E-state index contributed by atoms with van der Waals surface area (Å²) in [5.41, 5.74) is -0.721. The van der Waals surface area contributed by atoms with Gasteiger partial charge in [-0.3, -0.25) is 4.90 Å². The van der Waals surface area contributed by atoms with Crippen molar-refractivity contribution in [2.24, 2.45) is 0 Å². The Bertz CT molecular complexity index is 566. The maximum absolute atomic E-state index is 13.1. The fourth-order valence-electron chi connectivity index (χ4n) is 2.62. The summed E-state index contributed by atoms with van der Waals surface area (Å²) in [4.78, 5) is 7.51. The predicted molar refractivity (Wildman–Crippen MR) is 83.6 cm³/mol. The summed E-state index contributed by atoms with van der Waals surface area (Å²) < 4.78 is 44.3. The van der Waals surface area contributed by atoms with Gasteiger partial charge in [-0.15, -0.1) is 6.42 Å². The Balaban J connectivity index is 1.89. The van der Waals surface area contributed by atoms with E-state index >= 15 is 0 Å². The summed E-state index contributed by atoms with van der Waals surface area (Å²) in [6, 6.07) is 2.33. The van der Waals surface area contributed by atoms with Crippen LogP contribution in [-0.4, -0.2) is 67.0 Å². The van der Waals surface area contributed by atoms with Crippen molar-refractivity contribution >= 4 is 5.82 Å². The normalized spacial score (nSPS) is 17.5. The molecule has 1 aliphatic rings. The molecule has 132 valence electrons. The summed E-state index contributed by atoms with van der Waals surface area (Å²) >= 11 is 0. The maximum atomic E-state index is 13.1. The van der Waals surface area contributed by atoms with Gasteiger partial charge < -0.3 is 14.7 Å². The van der Waals surface area contributed by atoms with E-state index in [4.69, 9.17) is 11.2 Å². The second-order valence-electron chi connectivity index (χ2n) is 5.53. The van der Waals surface area contributed by atoms with Crippen molar-refractivity contribution in [1.82, 2.24) is 9.88 Å². The Hall–Kier alpha value is -1.82. The van der Waals surface area contributed by atoms with Gasteiger partial charge in [0.2, 0.25) is 0 Å². The molecule has 1 atom stereocenters. The van der Waals surface area contributed by atoms with Crippen LogP contribution in [0.5, 0.6) is 0 Å². The van der Waals surface area contributed by atoms with E-state index in [2.05, 4.69) is 10.9 Å². The Kier molecular flexibility index (Phi) is 6.43. The number of alkyl halides is 3. The van der Waals surface area contributed by atoms with E-state index in [1.807, 2.05) is 4.90 Å². The molecule has 1 N–H and O–H groups in total. The van der Waals surface area contributed by atoms with Crippen molar-refractivity contribution in [3.63, 3.8) is 0 Å². The van der Waals surface area contributed by atoms with Crippen LogP contribution >= 0.6 is 0 Å². The number of aliphatic hydroxyl groups is 1. The van der Waals surface area contributed by atoms with Crippen LogP contribution in [-0.2, 0) is 10.9 Å². The lowest BCUT2D eigenvalue weighted by Crippen LogP contribution is -2.49. The quantitative estimate of drug-likeness (QED) is 0.622. The molecular weight excluding hydrogens is 323 g/mol. The number of hydrogen-bond donors (Lipinski definition) is 1. The van der Waals surface area contributed by atoms with Gasteiger partial charge in [-0.2, -0.15) is 13.2 Å². The zero-order chi connectivity index (χ0) is 17.6. The van der Waals surface area contributed by atoms with Crippen LogP contribution in [0.25, 0.3) is 0 Å². The molecule has 8 heteroatoms. The van der Waals surface area contributed by atoms with Crippen molar-refractivity contribution in [2.75, 3.05) is 50.8 Å². The van der Waals surface area contributed by atoms with E-state index in [0.29, 0.717) is 32.7 Å². The van der Waals surface area contributed by atoms with Crippen LogP contribution in [0.3, 0.4) is 0 Å². The van der Waals surface area contributed by atoms with E-state index in [1.54, 1.807) is 4.90 Å². The molecule has 0 aromatic carbocycles. The molecule has 0 amide bonds. The van der Waals surface area contributed by atoms with Crippen LogP contribution in [0.15, 0.2) is 18.3 Å². The lowest BCUT2D eigenvalue weighted by atomic mass is 10.2. The van der Waals surface area contributed by atoms with Gasteiger partial charge in [0.1, 0.15) is 12.4 Å². The molecule has 0 bridgehead atoms. The monoisotopic (exact) mass is 343 g/mol. The number of hydrogen-bond acceptors (Lipinski definition) is 5. The zero-order valence-electron chi connectivity index (χ0n) is 13.2. The SMILES string of the molecule is C#CCOCC(O)CN1CCN(c2ncccc2C(F)(F)F)CC1. The number of pyridine rings is 1. The smallest absolute Gasteiger partial charge is 0.389 e. The van der Waals surface area contributed by atoms with Crippen LogP contribution in [0.1, 0.15) is 5.56 Å². The molecule has 1 saturated heterocycles. The highest BCUT2D eigenvalue weighted by molar-refractivity contribution is 5.48. The molecule has 0 aliphatic carbocycles. The molecule has 1 unspecified atom stereocenters. The van der Waals surface area contributed by atoms with Gasteiger partial charge >= 0.3 is 6.18 Å². The van der Waals surface area contributed by atoms with E-state index in [0.717, 1.165) is 6.07 Å². The minimum atomic E-state index is -4.43. The molecule has 2 rings (SSSR count). The van der Waals surface area contributed by atoms with Crippen LogP contribution in [0, 0.1) is 12.3 Å². The average molecular weight is 343 g/mol. The van der Waals surface area contributed by atoms with Crippen molar-refractivity contribution in [3.8, 4) is 12.3 Å².